The van der Waals surface area contributed by atoms with Crippen molar-refractivity contribution in [3.05, 3.63) is 81.9 Å². The van der Waals surface area contributed by atoms with Crippen LogP contribution in [0.25, 0.3) is 11.1 Å². The van der Waals surface area contributed by atoms with Crippen LogP contribution in [0.4, 0.5) is 4.79 Å². The van der Waals surface area contributed by atoms with E-state index in [1.165, 1.54) is 0 Å². The highest BCUT2D eigenvalue weighted by atomic mass is 32.2. The molecule has 3 aromatic rings. The molecule has 0 radical (unpaired) electrons. The van der Waals surface area contributed by atoms with Gasteiger partial charge >= 0.3 is 12.1 Å². The maximum Gasteiger partial charge on any atom is 0.407 e. The Morgan fingerprint density at radius 2 is 1.62 bits per heavy atom. The summed E-state index contributed by atoms with van der Waals surface area (Å²) in [5.41, 5.74) is 12.4. The van der Waals surface area contributed by atoms with E-state index in [2.05, 4.69) is 15.0 Å². The molecule has 0 saturated heterocycles. The van der Waals surface area contributed by atoms with E-state index in [0.29, 0.717) is 23.3 Å². The van der Waals surface area contributed by atoms with Crippen LogP contribution in [0.15, 0.2) is 58.4 Å². The van der Waals surface area contributed by atoms with Crippen LogP contribution in [0, 0.1) is 20.8 Å². The smallest absolute Gasteiger partial charge is 0.407 e. The lowest BCUT2D eigenvalue weighted by molar-refractivity contribution is -0.137. The van der Waals surface area contributed by atoms with Gasteiger partial charge in [-0.25, -0.2) is 26.4 Å². The number of nitrogens with zero attached hydrogens (tertiary/aromatic N) is 2. The summed E-state index contributed by atoms with van der Waals surface area (Å²) in [4.78, 5) is 28.9. The zero-order valence-electron chi connectivity index (χ0n) is 30.7. The summed E-state index contributed by atoms with van der Waals surface area (Å²) in [7, 11) is -8.10. The maximum atomic E-state index is 13.6. The SMILES string of the molecule is Cc1c(C)c(S(=O)(=O)NC(N)=NCCCC(CN(CC(=O)O)S(C)(=O)=O)NC(=O)OCC2c3ccccc3-c3ccccc32)c(C)c2c1OC(C)(C)C2. The number of fused-ring (bicyclic) bond motifs is 4. The first kappa shape index (κ1) is 39.5. The van der Waals surface area contributed by atoms with Crippen molar-refractivity contribution in [2.45, 2.75) is 76.3 Å². The van der Waals surface area contributed by atoms with E-state index < -0.39 is 50.3 Å². The average molecular weight is 770 g/mol. The second-order valence-corrected chi connectivity index (χ2v) is 17.8. The number of ether oxygens (including phenoxy) is 2. The molecule has 1 aliphatic carbocycles. The molecule has 1 atom stereocenters. The van der Waals surface area contributed by atoms with Gasteiger partial charge < -0.3 is 25.6 Å². The van der Waals surface area contributed by atoms with Crippen molar-refractivity contribution < 1.29 is 41.0 Å². The third-order valence-corrected chi connectivity index (χ3v) is 12.5. The number of hydrogen-bond donors (Lipinski definition) is 4. The number of carbonyl (C=O) groups excluding carboxylic acids is 1. The lowest BCUT2D eigenvalue weighted by Gasteiger charge is -2.25. The van der Waals surface area contributed by atoms with E-state index >= 15 is 0 Å². The van der Waals surface area contributed by atoms with Gasteiger partial charge in [0.25, 0.3) is 10.0 Å². The fraction of sp³-hybridized carbons (Fsp3) is 0.432. The van der Waals surface area contributed by atoms with Gasteiger partial charge in [-0.15, -0.1) is 0 Å². The Labute approximate surface area is 310 Å². The lowest BCUT2D eigenvalue weighted by atomic mass is 9.94. The number of carbonyl (C=O) groups is 2. The molecule has 1 amide bonds. The van der Waals surface area contributed by atoms with Gasteiger partial charge in [0.05, 0.1) is 11.2 Å². The monoisotopic (exact) mass is 769 g/mol. The van der Waals surface area contributed by atoms with Crippen molar-refractivity contribution in [2.75, 3.05) is 32.5 Å². The third-order valence-electron chi connectivity index (χ3n) is 9.66. The molecule has 0 aromatic heterocycles. The minimum absolute atomic E-state index is 0.0121. The average Bonchev–Trinajstić information content (AvgIpc) is 3.57. The lowest BCUT2D eigenvalue weighted by Crippen LogP contribution is -2.47. The fourth-order valence-corrected chi connectivity index (χ4v) is 9.46. The van der Waals surface area contributed by atoms with E-state index in [9.17, 15) is 31.5 Å². The van der Waals surface area contributed by atoms with Crippen molar-refractivity contribution in [1.29, 1.82) is 0 Å². The number of aliphatic carboxylic acids is 1. The van der Waals surface area contributed by atoms with E-state index in [0.717, 1.165) is 43.9 Å². The number of carboxylic acids is 1. The Kier molecular flexibility index (Phi) is 11.5. The van der Waals surface area contributed by atoms with E-state index in [1.807, 2.05) is 69.3 Å². The molecule has 0 bridgehead atoms. The van der Waals surface area contributed by atoms with Crippen LogP contribution >= 0.6 is 0 Å². The molecule has 1 heterocycles. The summed E-state index contributed by atoms with van der Waals surface area (Å²) >= 11 is 0. The number of nitrogens with two attached hydrogens (primary N) is 1. The summed E-state index contributed by atoms with van der Waals surface area (Å²) in [5.74, 6) is -1.21. The van der Waals surface area contributed by atoms with Gasteiger partial charge in [0.15, 0.2) is 0 Å². The topological polar surface area (TPSA) is 207 Å². The summed E-state index contributed by atoms with van der Waals surface area (Å²) in [6.07, 6.45) is 0.995. The Morgan fingerprint density at radius 1 is 1.02 bits per heavy atom. The highest BCUT2D eigenvalue weighted by Gasteiger charge is 2.37. The summed E-state index contributed by atoms with van der Waals surface area (Å²) in [6, 6.07) is 14.8. The number of hydrogen-bond acceptors (Lipinski definition) is 9. The number of sulfonamides is 2. The van der Waals surface area contributed by atoms with Crippen molar-refractivity contribution in [1.82, 2.24) is 14.3 Å². The molecule has 0 spiro atoms. The second kappa shape index (κ2) is 15.4. The molecule has 14 nitrogen and oxygen atoms in total. The molecule has 16 heteroatoms. The molecule has 0 fully saturated rings. The number of guanidine groups is 1. The predicted octanol–water partition coefficient (Wildman–Crippen LogP) is 3.95. The largest absolute Gasteiger partial charge is 0.487 e. The van der Waals surface area contributed by atoms with Crippen LogP contribution in [0.2, 0.25) is 0 Å². The zero-order valence-corrected chi connectivity index (χ0v) is 32.4. The Morgan fingerprint density at radius 3 is 2.21 bits per heavy atom. The molecular formula is C37H47N5O9S2. The van der Waals surface area contributed by atoms with Crippen LogP contribution < -0.4 is 20.5 Å². The van der Waals surface area contributed by atoms with Crippen molar-refractivity contribution in [3.63, 3.8) is 0 Å². The van der Waals surface area contributed by atoms with Crippen LogP contribution in [-0.4, -0.2) is 88.4 Å². The fourth-order valence-electron chi connectivity index (χ4n) is 7.14. The van der Waals surface area contributed by atoms with E-state index in [-0.39, 0.29) is 49.3 Å². The summed E-state index contributed by atoms with van der Waals surface area (Å²) in [6.45, 7) is 8.04. The van der Waals surface area contributed by atoms with Gasteiger partial charge in [0.1, 0.15) is 24.5 Å². The minimum atomic E-state index is -4.13. The number of benzene rings is 3. The Hall–Kier alpha value is -4.67. The molecular weight excluding hydrogens is 723 g/mol. The number of carboxylic acid groups (broad SMARTS) is 1. The van der Waals surface area contributed by atoms with Gasteiger partial charge in [-0.05, 0) is 86.4 Å². The number of amides is 1. The first-order chi connectivity index (χ1) is 24.8. The van der Waals surface area contributed by atoms with Crippen LogP contribution in [0.3, 0.4) is 0 Å². The van der Waals surface area contributed by atoms with E-state index in [1.54, 1.807) is 13.8 Å². The number of aliphatic imine (C=N–C) groups is 1. The van der Waals surface area contributed by atoms with Gasteiger partial charge in [0.2, 0.25) is 16.0 Å². The van der Waals surface area contributed by atoms with Gasteiger partial charge in [0, 0.05) is 37.0 Å². The highest BCUT2D eigenvalue weighted by molar-refractivity contribution is 7.90. The standard InChI is InChI=1S/C37H47N5O9S2/c1-22-23(2)34(24(3)30-18-37(4,5)51-33(22)30)53(48,49)41-35(38)39-17-11-12-25(19-42(20-32(43)44)52(6,46)47)40-36(45)50-21-31-28-15-9-7-13-26(28)27-14-8-10-16-29(27)31/h7-10,13-16,25,31H,11-12,17-21H2,1-6H3,(H,40,45)(H,43,44)(H3,38,39,41). The second-order valence-electron chi connectivity index (χ2n) is 14.2. The van der Waals surface area contributed by atoms with Gasteiger partial charge in [-0.3, -0.25) is 9.79 Å². The molecule has 5 rings (SSSR count). The van der Waals surface area contributed by atoms with Crippen LogP contribution in [-0.2, 0) is 36.0 Å². The quantitative estimate of drug-likeness (QED) is 0.106. The minimum Gasteiger partial charge on any atom is -0.487 e. The number of rotatable bonds is 14. The first-order valence-corrected chi connectivity index (χ1v) is 20.5. The first-order valence-electron chi connectivity index (χ1n) is 17.2. The molecule has 1 aliphatic heterocycles. The Bertz CT molecular complexity index is 2120. The van der Waals surface area contributed by atoms with Gasteiger partial charge in [-0.1, -0.05) is 48.5 Å². The predicted molar refractivity (Wildman–Crippen MR) is 201 cm³/mol. The van der Waals surface area contributed by atoms with Crippen molar-refractivity contribution in [2.24, 2.45) is 10.7 Å². The number of alkyl carbamates (subject to hydrolysis) is 1. The van der Waals surface area contributed by atoms with Crippen molar-refractivity contribution in [3.8, 4) is 16.9 Å². The summed E-state index contributed by atoms with van der Waals surface area (Å²) < 4.78 is 66.9. The molecule has 2 aliphatic rings. The van der Waals surface area contributed by atoms with Gasteiger partial charge in [-0.2, -0.15) is 4.31 Å². The molecule has 5 N–H and O–H groups in total. The molecule has 286 valence electrons. The number of nitrogens with one attached hydrogen (secondary N) is 2. The molecule has 53 heavy (non-hydrogen) atoms. The third kappa shape index (κ3) is 8.93. The Balaban J connectivity index is 1.25. The van der Waals surface area contributed by atoms with E-state index in [4.69, 9.17) is 15.2 Å². The molecule has 3 aromatic carbocycles. The molecule has 0 saturated carbocycles. The highest BCUT2D eigenvalue weighted by Crippen LogP contribution is 2.45. The molecule has 1 unspecified atom stereocenters. The van der Waals surface area contributed by atoms with Crippen LogP contribution in [0.5, 0.6) is 5.75 Å². The zero-order chi connectivity index (χ0) is 38.9. The van der Waals surface area contributed by atoms with Crippen molar-refractivity contribution >= 4 is 38.1 Å². The van der Waals surface area contributed by atoms with Crippen LogP contribution in [0.1, 0.15) is 66.0 Å². The maximum absolute atomic E-state index is 13.6. The normalized spacial score (nSPS) is 15.6. The summed E-state index contributed by atoms with van der Waals surface area (Å²) in [5, 5.41) is 12.1.